The highest BCUT2D eigenvalue weighted by molar-refractivity contribution is 7.81. The first kappa shape index (κ1) is 11.8. The van der Waals surface area contributed by atoms with Gasteiger partial charge in [-0.25, -0.2) is 4.89 Å². The van der Waals surface area contributed by atoms with Crippen molar-refractivity contribution in [1.82, 2.24) is 0 Å². The summed E-state index contributed by atoms with van der Waals surface area (Å²) in [6.07, 6.45) is 0. The van der Waals surface area contributed by atoms with Crippen molar-refractivity contribution in [2.45, 2.75) is 6.48 Å². The molecule has 0 unspecified atom stereocenters. The Morgan fingerprint density at radius 1 is 1.08 bits per heavy atom. The molecular formula is C4H10O7S. The van der Waals surface area contributed by atoms with Crippen LogP contribution in [0.2, 0.25) is 0 Å². The minimum absolute atomic E-state index is 1.02. The number of hydrogen-bond donors (Lipinski definition) is 0. The van der Waals surface area contributed by atoms with Crippen LogP contribution in [-0.2, 0) is 33.3 Å². The van der Waals surface area contributed by atoms with Crippen molar-refractivity contribution >= 4 is 10.4 Å². The average Bonchev–Trinajstić information content (AvgIpc) is 2.00. The van der Waals surface area contributed by atoms with Gasteiger partial charge in [0.05, 0.1) is 7.11 Å². The van der Waals surface area contributed by atoms with Crippen LogP contribution in [0.5, 0.6) is 0 Å². The third kappa shape index (κ3) is 4.59. The molecule has 0 N–H and O–H groups in total. The zero-order valence-electron chi connectivity index (χ0n) is 6.84. The Bertz CT molecular complexity index is 193. The van der Waals surface area contributed by atoms with Crippen molar-refractivity contribution in [2.24, 2.45) is 0 Å². The van der Waals surface area contributed by atoms with E-state index in [0.29, 0.717) is 0 Å². The standard InChI is InChI=1S/C4H10O7S/c1-7-4(8-2)10-12(5,6)11-9-3/h4H,1-3H3. The van der Waals surface area contributed by atoms with Gasteiger partial charge in [0.15, 0.2) is 0 Å². The fraction of sp³-hybridized carbons (Fsp3) is 1.00. The number of rotatable bonds is 6. The van der Waals surface area contributed by atoms with Gasteiger partial charge >= 0.3 is 10.4 Å². The number of hydrogen-bond acceptors (Lipinski definition) is 7. The van der Waals surface area contributed by atoms with Gasteiger partial charge in [-0.05, 0) is 0 Å². The maximum absolute atomic E-state index is 10.6. The van der Waals surface area contributed by atoms with E-state index in [4.69, 9.17) is 0 Å². The van der Waals surface area contributed by atoms with E-state index in [9.17, 15) is 8.42 Å². The van der Waals surface area contributed by atoms with Gasteiger partial charge in [-0.1, -0.05) is 4.33 Å². The molecule has 0 amide bonds. The van der Waals surface area contributed by atoms with Crippen LogP contribution in [-0.4, -0.2) is 36.2 Å². The van der Waals surface area contributed by atoms with Gasteiger partial charge in [0.2, 0.25) is 0 Å². The SMILES string of the molecule is COOS(=O)(=O)OC(OC)OC. The van der Waals surface area contributed by atoms with Crippen molar-refractivity contribution in [3.05, 3.63) is 0 Å². The maximum Gasteiger partial charge on any atom is 0.430 e. The average molecular weight is 202 g/mol. The molecule has 0 fully saturated rings. The molecule has 12 heavy (non-hydrogen) atoms. The predicted octanol–water partition coefficient (Wildman–Crippen LogP) is -0.598. The Kier molecular flexibility index (Phi) is 5.29. The van der Waals surface area contributed by atoms with Crippen LogP contribution < -0.4 is 0 Å². The van der Waals surface area contributed by atoms with E-state index in [1.54, 1.807) is 0 Å². The number of ether oxygens (including phenoxy) is 2. The van der Waals surface area contributed by atoms with Crippen molar-refractivity contribution in [3.63, 3.8) is 0 Å². The summed E-state index contributed by atoms with van der Waals surface area (Å²) >= 11 is 0. The molecule has 0 atom stereocenters. The normalized spacial score (nSPS) is 12.3. The lowest BCUT2D eigenvalue weighted by molar-refractivity contribution is -0.241. The summed E-state index contributed by atoms with van der Waals surface area (Å²) in [5.74, 6) is 0. The Morgan fingerprint density at radius 2 is 1.58 bits per heavy atom. The lowest BCUT2D eigenvalue weighted by Gasteiger charge is -2.11. The minimum atomic E-state index is -4.23. The van der Waals surface area contributed by atoms with E-state index in [2.05, 4.69) is 22.9 Å². The first-order valence-electron chi connectivity index (χ1n) is 2.77. The van der Waals surface area contributed by atoms with E-state index < -0.39 is 16.9 Å². The maximum atomic E-state index is 10.6. The zero-order valence-corrected chi connectivity index (χ0v) is 7.66. The van der Waals surface area contributed by atoms with Gasteiger partial charge < -0.3 is 9.47 Å². The van der Waals surface area contributed by atoms with Gasteiger partial charge in [0.25, 0.3) is 6.48 Å². The lowest BCUT2D eigenvalue weighted by Crippen LogP contribution is -2.23. The molecule has 0 rings (SSSR count). The monoisotopic (exact) mass is 202 g/mol. The summed E-state index contributed by atoms with van der Waals surface area (Å²) in [4.78, 5) is 3.87. The van der Waals surface area contributed by atoms with Crippen molar-refractivity contribution < 1.29 is 31.3 Å². The molecule has 0 saturated heterocycles. The Hall–Kier alpha value is -0.250. The summed E-state index contributed by atoms with van der Waals surface area (Å²) in [5, 5.41) is 0. The summed E-state index contributed by atoms with van der Waals surface area (Å²) in [6, 6.07) is 0. The van der Waals surface area contributed by atoms with Crippen molar-refractivity contribution in [3.8, 4) is 0 Å². The minimum Gasteiger partial charge on any atom is -0.332 e. The molecule has 0 spiro atoms. The largest absolute Gasteiger partial charge is 0.430 e. The summed E-state index contributed by atoms with van der Waals surface area (Å²) in [6.45, 7) is -1.34. The van der Waals surface area contributed by atoms with Crippen LogP contribution in [0, 0.1) is 0 Å². The van der Waals surface area contributed by atoms with Crippen LogP contribution in [0.1, 0.15) is 0 Å². The first-order valence-corrected chi connectivity index (χ1v) is 4.10. The molecule has 0 heterocycles. The molecule has 0 aliphatic heterocycles. The third-order valence-corrected chi connectivity index (χ3v) is 1.43. The fourth-order valence-corrected chi connectivity index (χ4v) is 0.919. The molecule has 0 radical (unpaired) electrons. The summed E-state index contributed by atoms with van der Waals surface area (Å²) in [5.41, 5.74) is 0. The van der Waals surface area contributed by atoms with E-state index in [-0.39, 0.29) is 0 Å². The molecule has 8 heteroatoms. The second kappa shape index (κ2) is 5.41. The van der Waals surface area contributed by atoms with Gasteiger partial charge in [-0.2, -0.15) is 12.6 Å². The topological polar surface area (TPSA) is 80.3 Å². The van der Waals surface area contributed by atoms with Gasteiger partial charge in [0, 0.05) is 14.2 Å². The van der Waals surface area contributed by atoms with Crippen LogP contribution in [0.25, 0.3) is 0 Å². The fourth-order valence-electron chi connectivity index (χ4n) is 0.370. The molecule has 0 aromatic carbocycles. The molecule has 74 valence electrons. The molecule has 0 saturated carbocycles. The highest BCUT2D eigenvalue weighted by atomic mass is 32.3. The lowest BCUT2D eigenvalue weighted by atomic mass is 11.2. The van der Waals surface area contributed by atoms with Crippen LogP contribution in [0.4, 0.5) is 0 Å². The van der Waals surface area contributed by atoms with Gasteiger partial charge in [0.1, 0.15) is 0 Å². The molecule has 0 aliphatic carbocycles. The molecule has 0 aromatic rings. The van der Waals surface area contributed by atoms with E-state index in [1.807, 2.05) is 0 Å². The van der Waals surface area contributed by atoms with Gasteiger partial charge in [-0.3, -0.25) is 0 Å². The quantitative estimate of drug-likeness (QED) is 0.323. The van der Waals surface area contributed by atoms with Crippen molar-refractivity contribution in [1.29, 1.82) is 0 Å². The second-order valence-electron chi connectivity index (χ2n) is 1.50. The van der Waals surface area contributed by atoms with E-state index in [0.717, 1.165) is 7.11 Å². The van der Waals surface area contributed by atoms with Gasteiger partial charge in [-0.15, -0.1) is 0 Å². The Balaban J connectivity index is 4.03. The van der Waals surface area contributed by atoms with Crippen LogP contribution in [0.3, 0.4) is 0 Å². The zero-order chi connectivity index (χ0) is 9.61. The smallest absolute Gasteiger partial charge is 0.332 e. The Morgan fingerprint density at radius 3 is 1.92 bits per heavy atom. The van der Waals surface area contributed by atoms with Crippen molar-refractivity contribution in [2.75, 3.05) is 21.3 Å². The highest BCUT2D eigenvalue weighted by Gasteiger charge is 2.20. The third-order valence-electron chi connectivity index (χ3n) is 0.733. The molecule has 7 nitrogen and oxygen atoms in total. The van der Waals surface area contributed by atoms with E-state index in [1.165, 1.54) is 14.2 Å². The summed E-state index contributed by atoms with van der Waals surface area (Å²) in [7, 11) is -0.794. The van der Waals surface area contributed by atoms with Crippen LogP contribution >= 0.6 is 0 Å². The number of methoxy groups -OCH3 is 2. The molecule has 0 bridgehead atoms. The second-order valence-corrected chi connectivity index (χ2v) is 2.64. The highest BCUT2D eigenvalue weighted by Crippen LogP contribution is 2.02. The molecule has 0 aliphatic rings. The Labute approximate surface area is 70.4 Å². The summed E-state index contributed by atoms with van der Waals surface area (Å²) < 4.78 is 38.0. The predicted molar refractivity (Wildman–Crippen MR) is 35.9 cm³/mol. The van der Waals surface area contributed by atoms with E-state index >= 15 is 0 Å². The molecule has 0 aromatic heterocycles. The molecular weight excluding hydrogens is 192 g/mol. The van der Waals surface area contributed by atoms with Crippen LogP contribution in [0.15, 0.2) is 0 Å². The first-order chi connectivity index (χ1) is 5.55.